The van der Waals surface area contributed by atoms with E-state index in [1.54, 1.807) is 6.07 Å². The largest absolute Gasteiger partial charge is 0.456 e. The van der Waals surface area contributed by atoms with E-state index < -0.39 is 46.5 Å². The van der Waals surface area contributed by atoms with Gasteiger partial charge < -0.3 is 14.6 Å². The predicted octanol–water partition coefficient (Wildman–Crippen LogP) is 3.84. The minimum Gasteiger partial charge on any atom is -0.456 e. The van der Waals surface area contributed by atoms with E-state index in [-0.39, 0.29) is 18.7 Å². The maximum absolute atomic E-state index is 13.1. The first-order valence-electron chi connectivity index (χ1n) is 8.81. The van der Waals surface area contributed by atoms with Crippen LogP contribution in [0.3, 0.4) is 0 Å². The number of benzene rings is 1. The van der Waals surface area contributed by atoms with Crippen LogP contribution in [0, 0.1) is 10.1 Å². The number of hydrogen-bond donors (Lipinski definition) is 1. The maximum atomic E-state index is 13.1. The van der Waals surface area contributed by atoms with Gasteiger partial charge in [-0.2, -0.15) is 18.2 Å². The highest BCUT2D eigenvalue weighted by molar-refractivity contribution is 7.13. The Labute approximate surface area is 181 Å². The van der Waals surface area contributed by atoms with E-state index >= 15 is 0 Å². The van der Waals surface area contributed by atoms with Gasteiger partial charge in [-0.1, -0.05) is 11.2 Å². The topological polar surface area (TPSA) is 137 Å². The van der Waals surface area contributed by atoms with Crippen LogP contribution < -0.4 is 5.32 Å². The molecule has 0 radical (unpaired) electrons. The highest BCUT2D eigenvalue weighted by atomic mass is 32.1. The quantitative estimate of drug-likeness (QED) is 0.298. The third-order valence-corrected chi connectivity index (χ3v) is 4.78. The molecule has 0 atom stereocenters. The number of rotatable bonds is 8. The number of aromatic nitrogens is 2. The lowest BCUT2D eigenvalue weighted by Crippen LogP contribution is -2.23. The first-order valence-corrected chi connectivity index (χ1v) is 9.69. The molecule has 0 aliphatic rings. The van der Waals surface area contributed by atoms with Gasteiger partial charge in [-0.25, -0.2) is 0 Å². The zero-order chi connectivity index (χ0) is 23.3. The van der Waals surface area contributed by atoms with Crippen molar-refractivity contribution in [2.75, 3.05) is 11.9 Å². The fourth-order valence-electron chi connectivity index (χ4n) is 2.47. The van der Waals surface area contributed by atoms with Gasteiger partial charge in [-0.05, 0) is 17.5 Å². The van der Waals surface area contributed by atoms with E-state index in [1.807, 2.05) is 16.8 Å². The summed E-state index contributed by atoms with van der Waals surface area (Å²) in [6, 6.07) is 5.47. The van der Waals surface area contributed by atoms with Crippen molar-refractivity contribution in [1.29, 1.82) is 0 Å². The van der Waals surface area contributed by atoms with Gasteiger partial charge in [0, 0.05) is 18.6 Å². The number of amides is 1. The van der Waals surface area contributed by atoms with Crippen molar-refractivity contribution in [1.82, 2.24) is 10.1 Å². The Morgan fingerprint density at radius 2 is 2.06 bits per heavy atom. The second-order valence-electron chi connectivity index (χ2n) is 6.18. The minimum absolute atomic E-state index is 0.0411. The summed E-state index contributed by atoms with van der Waals surface area (Å²) in [5, 5.41) is 18.2. The first-order chi connectivity index (χ1) is 15.1. The Balaban J connectivity index is 1.51. The second-order valence-corrected chi connectivity index (χ2v) is 7.13. The minimum atomic E-state index is -4.95. The number of non-ortho nitro benzene ring substituents is 1. The molecule has 0 bridgehead atoms. The van der Waals surface area contributed by atoms with Crippen LogP contribution in [0.25, 0.3) is 10.7 Å². The average Bonchev–Trinajstić information content (AvgIpc) is 3.41. The summed E-state index contributed by atoms with van der Waals surface area (Å²) in [5.74, 6) is -1.31. The van der Waals surface area contributed by atoms with Crippen LogP contribution >= 0.6 is 11.3 Å². The Kier molecular flexibility index (Phi) is 6.82. The van der Waals surface area contributed by atoms with Gasteiger partial charge in [-0.3, -0.25) is 19.7 Å². The number of thiophene rings is 1. The Morgan fingerprint density at radius 1 is 1.28 bits per heavy atom. The molecule has 0 aliphatic carbocycles. The number of aryl methyl sites for hydroxylation is 1. The van der Waals surface area contributed by atoms with Crippen LogP contribution in [-0.4, -0.2) is 33.5 Å². The number of nitro groups is 1. The van der Waals surface area contributed by atoms with Crippen LogP contribution in [0.15, 0.2) is 40.2 Å². The smallest absolute Gasteiger partial charge is 0.418 e. The van der Waals surface area contributed by atoms with Crippen molar-refractivity contribution in [2.24, 2.45) is 0 Å². The molecule has 0 saturated heterocycles. The van der Waals surface area contributed by atoms with Crippen molar-refractivity contribution in [2.45, 2.75) is 19.0 Å². The van der Waals surface area contributed by atoms with Crippen LogP contribution in [0.5, 0.6) is 0 Å². The molecule has 3 rings (SSSR count). The number of carbonyl (C=O) groups excluding carboxylic acids is 2. The summed E-state index contributed by atoms with van der Waals surface area (Å²) in [6.07, 6.45) is -5.11. The number of halogens is 3. The van der Waals surface area contributed by atoms with E-state index in [0.717, 1.165) is 17.0 Å². The molecular formula is C18H13F3N4O6S. The van der Waals surface area contributed by atoms with Crippen molar-refractivity contribution in [3.8, 4) is 10.7 Å². The van der Waals surface area contributed by atoms with Crippen molar-refractivity contribution in [3.05, 3.63) is 57.3 Å². The van der Waals surface area contributed by atoms with Crippen molar-refractivity contribution in [3.63, 3.8) is 0 Å². The normalized spacial score (nSPS) is 11.2. The first kappa shape index (κ1) is 22.9. The van der Waals surface area contributed by atoms with Gasteiger partial charge in [-0.15, -0.1) is 11.3 Å². The molecule has 3 aromatic rings. The molecule has 14 heteroatoms. The Morgan fingerprint density at radius 3 is 2.72 bits per heavy atom. The third kappa shape index (κ3) is 5.87. The van der Waals surface area contributed by atoms with Gasteiger partial charge in [0.2, 0.25) is 11.7 Å². The van der Waals surface area contributed by atoms with Gasteiger partial charge in [0.05, 0.1) is 27.5 Å². The number of nitrogens with one attached hydrogen (secondary N) is 1. The average molecular weight is 470 g/mol. The number of nitrogens with zero attached hydrogens (tertiary/aromatic N) is 3. The summed E-state index contributed by atoms with van der Waals surface area (Å²) < 4.78 is 49.1. The summed E-state index contributed by atoms with van der Waals surface area (Å²) in [7, 11) is 0. The molecule has 168 valence electrons. The molecule has 0 unspecified atom stereocenters. The monoisotopic (exact) mass is 470 g/mol. The summed E-state index contributed by atoms with van der Waals surface area (Å²) in [4.78, 5) is 38.3. The molecule has 10 nitrogen and oxygen atoms in total. The lowest BCUT2D eigenvalue weighted by atomic mass is 10.1. The number of anilines is 1. The summed E-state index contributed by atoms with van der Waals surface area (Å²) in [5.41, 5.74) is -2.88. The number of esters is 1. The molecule has 1 amide bonds. The number of carbonyl (C=O) groups is 2. The maximum Gasteiger partial charge on any atom is 0.418 e. The number of alkyl halides is 3. The van der Waals surface area contributed by atoms with E-state index in [2.05, 4.69) is 10.1 Å². The third-order valence-electron chi connectivity index (χ3n) is 3.91. The molecule has 32 heavy (non-hydrogen) atoms. The fraction of sp³-hybridized carbons (Fsp3) is 0.222. The number of hydrogen-bond acceptors (Lipinski definition) is 9. The van der Waals surface area contributed by atoms with E-state index in [4.69, 9.17) is 9.26 Å². The number of nitro benzene ring substituents is 1. The zero-order valence-electron chi connectivity index (χ0n) is 15.9. The number of ether oxygens (including phenoxy) is 1. The van der Waals surface area contributed by atoms with Crippen molar-refractivity contribution >= 4 is 34.6 Å². The van der Waals surface area contributed by atoms with Gasteiger partial charge in [0.25, 0.3) is 11.6 Å². The lowest BCUT2D eigenvalue weighted by Gasteiger charge is -2.13. The standard InChI is InChI=1S/C18H13F3N4O6S/c19-18(20,21)11-8-10(25(28)29)3-4-12(11)22-14(26)9-30-16(27)6-5-15-23-17(24-31-15)13-2-1-7-32-13/h1-4,7-8H,5-6,9H2,(H,22,26). The Hall–Kier alpha value is -3.81. The molecular weight excluding hydrogens is 457 g/mol. The summed E-state index contributed by atoms with van der Waals surface area (Å²) >= 11 is 1.41. The van der Waals surface area contributed by atoms with Crippen LogP contribution in [0.1, 0.15) is 17.9 Å². The molecule has 2 heterocycles. The lowest BCUT2D eigenvalue weighted by molar-refractivity contribution is -0.385. The van der Waals surface area contributed by atoms with Crippen LogP contribution in [0.2, 0.25) is 0 Å². The molecule has 0 fully saturated rings. The molecule has 2 aromatic heterocycles. The van der Waals surface area contributed by atoms with Gasteiger partial charge >= 0.3 is 12.1 Å². The van der Waals surface area contributed by atoms with E-state index in [9.17, 15) is 32.9 Å². The molecule has 0 aliphatic heterocycles. The van der Waals surface area contributed by atoms with Crippen molar-refractivity contribution < 1.29 is 36.9 Å². The molecule has 0 saturated carbocycles. The zero-order valence-corrected chi connectivity index (χ0v) is 16.7. The second kappa shape index (κ2) is 9.55. The molecule has 1 N–H and O–H groups in total. The highest BCUT2D eigenvalue weighted by Crippen LogP contribution is 2.37. The van der Waals surface area contributed by atoms with E-state index in [0.29, 0.717) is 11.9 Å². The SMILES string of the molecule is O=C(COC(=O)CCc1nc(-c2cccs2)no1)Nc1ccc([N+](=O)[O-])cc1C(F)(F)F. The predicted molar refractivity (Wildman–Crippen MR) is 104 cm³/mol. The summed E-state index contributed by atoms with van der Waals surface area (Å²) in [6.45, 7) is -0.850. The fourth-order valence-corrected chi connectivity index (χ4v) is 3.11. The Bertz CT molecular complexity index is 1130. The molecule has 0 spiro atoms. The van der Waals surface area contributed by atoms with Crippen LogP contribution in [0.4, 0.5) is 24.5 Å². The van der Waals surface area contributed by atoms with Gasteiger partial charge in [0.15, 0.2) is 6.61 Å². The highest BCUT2D eigenvalue weighted by Gasteiger charge is 2.35. The van der Waals surface area contributed by atoms with E-state index in [1.165, 1.54) is 11.3 Å². The van der Waals surface area contributed by atoms with Crippen LogP contribution in [-0.2, 0) is 26.9 Å². The van der Waals surface area contributed by atoms with Gasteiger partial charge in [0.1, 0.15) is 0 Å². The molecule has 1 aromatic carbocycles.